The first kappa shape index (κ1) is 18.4. The lowest BCUT2D eigenvalue weighted by atomic mass is 10.00. The molecule has 3 heterocycles. The van der Waals surface area contributed by atoms with Gasteiger partial charge in [0.25, 0.3) is 0 Å². The van der Waals surface area contributed by atoms with Gasteiger partial charge in [0.15, 0.2) is 17.3 Å². The number of pyridine rings is 1. The Morgan fingerprint density at radius 2 is 1.96 bits per heavy atom. The minimum absolute atomic E-state index is 0.590. The number of anilines is 1. The maximum atomic E-state index is 5.44. The number of hydrogen-bond donors (Lipinski definition) is 2. The van der Waals surface area contributed by atoms with Gasteiger partial charge >= 0.3 is 0 Å². The topological polar surface area (TPSA) is 81.2 Å². The van der Waals surface area contributed by atoms with Crippen molar-refractivity contribution in [3.8, 4) is 22.8 Å². The minimum Gasteiger partial charge on any atom is -0.493 e. The Morgan fingerprint density at radius 1 is 1.11 bits per heavy atom. The fourth-order valence-electron chi connectivity index (χ4n) is 3.58. The van der Waals surface area contributed by atoms with Gasteiger partial charge in [0.2, 0.25) is 0 Å². The van der Waals surface area contributed by atoms with E-state index in [0.717, 1.165) is 47.7 Å². The van der Waals surface area contributed by atoms with Crippen molar-refractivity contribution < 1.29 is 9.47 Å². The maximum absolute atomic E-state index is 5.44. The summed E-state index contributed by atoms with van der Waals surface area (Å²) < 4.78 is 10.8. The van der Waals surface area contributed by atoms with Crippen LogP contribution in [0.5, 0.6) is 11.5 Å². The summed E-state index contributed by atoms with van der Waals surface area (Å²) in [7, 11) is 3.26. The molecule has 0 saturated carbocycles. The van der Waals surface area contributed by atoms with E-state index in [9.17, 15) is 0 Å². The van der Waals surface area contributed by atoms with Crippen LogP contribution in [0.4, 0.5) is 5.82 Å². The normalized spacial score (nSPS) is 16.7. The Morgan fingerprint density at radius 3 is 2.75 bits per heavy atom. The highest BCUT2D eigenvalue weighted by Gasteiger charge is 2.16. The molecule has 0 bridgehead atoms. The molecule has 3 aromatic rings. The number of hydrogen-bond acceptors (Lipinski definition) is 7. The number of nitrogens with one attached hydrogen (secondary N) is 2. The van der Waals surface area contributed by atoms with Gasteiger partial charge in [-0.25, -0.2) is 9.97 Å². The molecule has 0 amide bonds. The van der Waals surface area contributed by atoms with Crippen LogP contribution in [-0.2, 0) is 0 Å². The van der Waals surface area contributed by atoms with Gasteiger partial charge in [-0.1, -0.05) is 0 Å². The number of benzene rings is 1. The van der Waals surface area contributed by atoms with Gasteiger partial charge in [0, 0.05) is 24.5 Å². The lowest BCUT2D eigenvalue weighted by Crippen LogP contribution is -2.33. The summed E-state index contributed by atoms with van der Waals surface area (Å²) in [4.78, 5) is 13.8. The van der Waals surface area contributed by atoms with Crippen LogP contribution in [0.3, 0.4) is 0 Å². The van der Waals surface area contributed by atoms with Crippen LogP contribution in [0.2, 0.25) is 0 Å². The van der Waals surface area contributed by atoms with Crippen molar-refractivity contribution in [2.45, 2.75) is 12.8 Å². The monoisotopic (exact) mass is 379 g/mol. The zero-order valence-corrected chi connectivity index (χ0v) is 16.2. The molecule has 1 aromatic carbocycles. The smallest absolute Gasteiger partial charge is 0.161 e. The van der Waals surface area contributed by atoms with Gasteiger partial charge in [-0.15, -0.1) is 0 Å². The third-order valence-electron chi connectivity index (χ3n) is 5.09. The zero-order valence-electron chi connectivity index (χ0n) is 16.2. The Kier molecular flexibility index (Phi) is 5.53. The fourth-order valence-corrected chi connectivity index (χ4v) is 3.58. The van der Waals surface area contributed by atoms with Gasteiger partial charge in [-0.2, -0.15) is 0 Å². The number of methoxy groups -OCH3 is 2. The van der Waals surface area contributed by atoms with Crippen LogP contribution < -0.4 is 20.1 Å². The number of rotatable bonds is 6. The molecule has 1 atom stereocenters. The molecule has 1 aliphatic rings. The van der Waals surface area contributed by atoms with E-state index in [1.807, 2.05) is 24.3 Å². The second-order valence-corrected chi connectivity index (χ2v) is 6.94. The Hall–Kier alpha value is -2.93. The van der Waals surface area contributed by atoms with E-state index < -0.39 is 0 Å². The molecular weight excluding hydrogens is 354 g/mol. The van der Waals surface area contributed by atoms with Gasteiger partial charge in [-0.3, -0.25) is 4.98 Å². The average molecular weight is 379 g/mol. The highest BCUT2D eigenvalue weighted by atomic mass is 16.5. The molecule has 0 spiro atoms. The maximum Gasteiger partial charge on any atom is 0.161 e. The highest BCUT2D eigenvalue weighted by molar-refractivity contribution is 5.88. The van der Waals surface area contributed by atoms with Gasteiger partial charge < -0.3 is 20.1 Å². The van der Waals surface area contributed by atoms with Crippen molar-refractivity contribution in [1.82, 2.24) is 20.3 Å². The lowest BCUT2D eigenvalue weighted by Gasteiger charge is -2.23. The van der Waals surface area contributed by atoms with Crippen molar-refractivity contribution in [2.75, 3.05) is 39.2 Å². The molecule has 2 aromatic heterocycles. The van der Waals surface area contributed by atoms with E-state index in [1.54, 1.807) is 26.6 Å². The summed E-state index contributed by atoms with van der Waals surface area (Å²) >= 11 is 0. The predicted molar refractivity (Wildman–Crippen MR) is 110 cm³/mol. The van der Waals surface area contributed by atoms with Crippen molar-refractivity contribution in [3.63, 3.8) is 0 Å². The molecule has 7 nitrogen and oxygen atoms in total. The molecule has 146 valence electrons. The van der Waals surface area contributed by atoms with Crippen molar-refractivity contribution in [1.29, 1.82) is 0 Å². The molecule has 2 N–H and O–H groups in total. The van der Waals surface area contributed by atoms with E-state index >= 15 is 0 Å². The fraction of sp³-hybridized carbons (Fsp3) is 0.381. The number of piperidine rings is 1. The molecule has 1 fully saturated rings. The molecule has 1 unspecified atom stereocenters. The summed E-state index contributed by atoms with van der Waals surface area (Å²) in [6.07, 6.45) is 5.84. The molecular formula is C21H25N5O2. The highest BCUT2D eigenvalue weighted by Crippen LogP contribution is 2.33. The molecule has 0 aliphatic carbocycles. The summed E-state index contributed by atoms with van der Waals surface area (Å²) in [6.45, 7) is 3.00. The van der Waals surface area contributed by atoms with E-state index in [4.69, 9.17) is 14.5 Å². The van der Waals surface area contributed by atoms with Crippen LogP contribution in [0.25, 0.3) is 22.3 Å². The van der Waals surface area contributed by atoms with Crippen molar-refractivity contribution in [3.05, 3.63) is 36.7 Å². The van der Waals surface area contributed by atoms with E-state index in [2.05, 4.69) is 20.6 Å². The molecule has 1 aliphatic heterocycles. The summed E-state index contributed by atoms with van der Waals surface area (Å²) in [5, 5.41) is 6.96. The quantitative estimate of drug-likeness (QED) is 0.681. The predicted octanol–water partition coefficient (Wildman–Crippen LogP) is 3.12. The number of nitrogens with zero attached hydrogens (tertiary/aromatic N) is 3. The first-order valence-corrected chi connectivity index (χ1v) is 9.57. The SMILES string of the molecule is COc1ccc(-c2cc3nccnc3c(NCC3CCCNC3)n2)cc1OC. The first-order valence-electron chi connectivity index (χ1n) is 9.57. The van der Waals surface area contributed by atoms with E-state index in [0.29, 0.717) is 17.4 Å². The number of ether oxygens (including phenoxy) is 2. The molecule has 1 saturated heterocycles. The largest absolute Gasteiger partial charge is 0.493 e. The van der Waals surface area contributed by atoms with Crippen LogP contribution in [0.15, 0.2) is 36.7 Å². The third kappa shape index (κ3) is 3.84. The molecule has 7 heteroatoms. The van der Waals surface area contributed by atoms with Crippen LogP contribution in [0.1, 0.15) is 12.8 Å². The second kappa shape index (κ2) is 8.39. The summed E-state index contributed by atoms with van der Waals surface area (Å²) in [5.41, 5.74) is 3.35. The van der Waals surface area contributed by atoms with Crippen molar-refractivity contribution >= 4 is 16.9 Å². The lowest BCUT2D eigenvalue weighted by molar-refractivity contribution is 0.355. The standard InChI is InChI=1S/C21H25N5O2/c1-27-18-6-5-15(10-19(18)28-2)16-11-17-20(24-9-8-23-17)21(26-16)25-13-14-4-3-7-22-12-14/h5-6,8-11,14,22H,3-4,7,12-13H2,1-2H3,(H,25,26). The van der Waals surface area contributed by atoms with Gasteiger partial charge in [-0.05, 0) is 56.1 Å². The minimum atomic E-state index is 0.590. The van der Waals surface area contributed by atoms with E-state index in [1.165, 1.54) is 12.8 Å². The third-order valence-corrected chi connectivity index (χ3v) is 5.09. The number of aromatic nitrogens is 3. The van der Waals surface area contributed by atoms with Crippen LogP contribution in [0, 0.1) is 5.92 Å². The summed E-state index contributed by atoms with van der Waals surface area (Å²) in [6, 6.07) is 7.74. The second-order valence-electron chi connectivity index (χ2n) is 6.94. The Balaban J connectivity index is 1.69. The summed E-state index contributed by atoms with van der Waals surface area (Å²) in [5.74, 6) is 2.71. The van der Waals surface area contributed by atoms with Crippen LogP contribution >= 0.6 is 0 Å². The van der Waals surface area contributed by atoms with Crippen molar-refractivity contribution in [2.24, 2.45) is 5.92 Å². The number of fused-ring (bicyclic) bond motifs is 1. The van der Waals surface area contributed by atoms with Crippen LogP contribution in [-0.4, -0.2) is 48.8 Å². The van der Waals surface area contributed by atoms with Gasteiger partial charge in [0.1, 0.15) is 5.52 Å². The first-order chi connectivity index (χ1) is 13.8. The Labute approximate surface area is 164 Å². The average Bonchev–Trinajstić information content (AvgIpc) is 2.77. The van der Waals surface area contributed by atoms with Gasteiger partial charge in [0.05, 0.1) is 25.4 Å². The molecule has 4 rings (SSSR count). The zero-order chi connectivity index (χ0) is 19.3. The molecule has 0 radical (unpaired) electrons. The Bertz CT molecular complexity index is 957. The van der Waals surface area contributed by atoms with E-state index in [-0.39, 0.29) is 0 Å². The molecule has 28 heavy (non-hydrogen) atoms.